The van der Waals surface area contributed by atoms with Crippen molar-refractivity contribution in [3.05, 3.63) is 71.7 Å². The summed E-state index contributed by atoms with van der Waals surface area (Å²) in [6, 6.07) is 15.3. The topological polar surface area (TPSA) is 53.7 Å². The molecule has 1 saturated carbocycles. The molecule has 0 N–H and O–H groups in total. The minimum atomic E-state index is 0.0320. The Balaban J connectivity index is 1.29. The van der Waals surface area contributed by atoms with Gasteiger partial charge in [0.1, 0.15) is 0 Å². The molecule has 6 rings (SSSR count). The average molecular weight is 412 g/mol. The van der Waals surface area contributed by atoms with Gasteiger partial charge in [0.15, 0.2) is 0 Å². The zero-order valence-electron chi connectivity index (χ0n) is 17.8. The van der Waals surface area contributed by atoms with Crippen LogP contribution in [0, 0.1) is 6.92 Å². The molecular weight excluding hydrogens is 386 g/mol. The number of hydrogen-bond acceptors (Lipinski definition) is 4. The van der Waals surface area contributed by atoms with Crippen LogP contribution in [0.15, 0.2) is 59.9 Å². The van der Waals surface area contributed by atoms with Gasteiger partial charge in [-0.2, -0.15) is 0 Å². The number of hydrogen-bond donors (Lipinski definition) is 0. The molecule has 1 fully saturated rings. The monoisotopic (exact) mass is 411 g/mol. The first kappa shape index (κ1) is 18.4. The maximum Gasteiger partial charge on any atom is 0.263 e. The van der Waals surface area contributed by atoms with E-state index >= 15 is 0 Å². The quantitative estimate of drug-likeness (QED) is 0.652. The fraction of sp³-hybridized carbons (Fsp3) is 0.320. The van der Waals surface area contributed by atoms with Crippen molar-refractivity contribution in [2.45, 2.75) is 44.8 Å². The molecule has 1 aromatic carbocycles. The van der Waals surface area contributed by atoms with Gasteiger partial charge in [-0.05, 0) is 43.9 Å². The number of anilines is 1. The van der Waals surface area contributed by atoms with E-state index in [4.69, 9.17) is 4.99 Å². The van der Waals surface area contributed by atoms with E-state index in [1.54, 1.807) is 4.90 Å². The number of guanidine groups is 1. The molecule has 6 heteroatoms. The van der Waals surface area contributed by atoms with Crippen molar-refractivity contribution in [1.82, 2.24) is 14.5 Å². The van der Waals surface area contributed by atoms with Crippen molar-refractivity contribution >= 4 is 17.6 Å². The zero-order valence-corrected chi connectivity index (χ0v) is 17.8. The Morgan fingerprint density at radius 2 is 1.90 bits per heavy atom. The van der Waals surface area contributed by atoms with Crippen LogP contribution in [-0.4, -0.2) is 45.4 Å². The molecule has 0 bridgehead atoms. The second-order valence-electron chi connectivity index (χ2n) is 8.82. The maximum atomic E-state index is 13.0. The molecule has 0 radical (unpaired) electrons. The second-order valence-corrected chi connectivity index (χ2v) is 8.82. The fourth-order valence-corrected chi connectivity index (χ4v) is 5.18. The van der Waals surface area contributed by atoms with Crippen molar-refractivity contribution in [3.8, 4) is 11.3 Å². The summed E-state index contributed by atoms with van der Waals surface area (Å²) in [7, 11) is 1.84. The summed E-state index contributed by atoms with van der Waals surface area (Å²) in [6.45, 7) is 2.73. The average Bonchev–Trinajstić information content (AvgIpc) is 3.47. The van der Waals surface area contributed by atoms with Gasteiger partial charge >= 0.3 is 0 Å². The molecule has 3 aromatic rings. The Morgan fingerprint density at radius 3 is 2.71 bits per heavy atom. The number of nitrogens with zero attached hydrogens (tertiary/aromatic N) is 5. The first-order valence-electron chi connectivity index (χ1n) is 11.0. The molecule has 2 aromatic heterocycles. The highest BCUT2D eigenvalue weighted by molar-refractivity contribution is 6.19. The molecular formula is C25H25N5O. The molecule has 0 spiro atoms. The fourth-order valence-electron chi connectivity index (χ4n) is 5.18. The summed E-state index contributed by atoms with van der Waals surface area (Å²) in [6.07, 6.45) is 7.57. The van der Waals surface area contributed by atoms with Crippen LogP contribution in [0.5, 0.6) is 0 Å². The summed E-state index contributed by atoms with van der Waals surface area (Å²) in [4.78, 5) is 26.5. The zero-order chi connectivity index (χ0) is 21.1. The van der Waals surface area contributed by atoms with Crippen LogP contribution in [0.25, 0.3) is 11.3 Å². The molecule has 0 saturated heterocycles. The number of aromatic nitrogens is 2. The number of pyridine rings is 1. The smallest absolute Gasteiger partial charge is 0.263 e. The lowest BCUT2D eigenvalue weighted by Crippen LogP contribution is -2.50. The van der Waals surface area contributed by atoms with E-state index in [0.29, 0.717) is 12.1 Å². The molecule has 6 nitrogen and oxygen atoms in total. The predicted molar refractivity (Wildman–Crippen MR) is 121 cm³/mol. The maximum absolute atomic E-state index is 13.0. The van der Waals surface area contributed by atoms with Crippen molar-refractivity contribution in [1.29, 1.82) is 0 Å². The van der Waals surface area contributed by atoms with E-state index in [-0.39, 0.29) is 5.91 Å². The molecule has 156 valence electrons. The number of aryl methyl sites for hydroxylation is 1. The molecule has 2 atom stereocenters. The van der Waals surface area contributed by atoms with Crippen LogP contribution < -0.4 is 4.90 Å². The molecule has 1 aliphatic carbocycles. The lowest BCUT2D eigenvalue weighted by atomic mass is 10.1. The third kappa shape index (κ3) is 2.89. The third-order valence-electron chi connectivity index (χ3n) is 6.73. The third-order valence-corrected chi connectivity index (χ3v) is 6.73. The van der Waals surface area contributed by atoms with Gasteiger partial charge in [0, 0.05) is 37.2 Å². The van der Waals surface area contributed by atoms with Crippen LogP contribution in [0.4, 0.5) is 5.69 Å². The lowest BCUT2D eigenvalue weighted by Gasteiger charge is -2.35. The Bertz CT molecular complexity index is 1210. The highest BCUT2D eigenvalue weighted by Gasteiger charge is 2.47. The molecule has 2 aliphatic heterocycles. The van der Waals surface area contributed by atoms with E-state index in [2.05, 4.69) is 44.9 Å². The van der Waals surface area contributed by atoms with Gasteiger partial charge in [-0.15, -0.1) is 0 Å². The second kappa shape index (κ2) is 6.80. The van der Waals surface area contributed by atoms with E-state index in [1.165, 1.54) is 12.0 Å². The van der Waals surface area contributed by atoms with Crippen LogP contribution in [0.2, 0.25) is 0 Å². The lowest BCUT2D eigenvalue weighted by molar-refractivity contribution is 0.0865. The van der Waals surface area contributed by atoms with Gasteiger partial charge in [0.05, 0.1) is 29.0 Å². The van der Waals surface area contributed by atoms with Gasteiger partial charge in [-0.3, -0.25) is 14.7 Å². The normalized spacial score (nSPS) is 21.7. The number of amides is 1. The van der Waals surface area contributed by atoms with Crippen molar-refractivity contribution in [3.63, 3.8) is 0 Å². The van der Waals surface area contributed by atoms with Gasteiger partial charge in [0.25, 0.3) is 5.91 Å². The molecule has 3 aliphatic rings. The number of aliphatic imine (C=N–C) groups is 1. The largest absolute Gasteiger partial charge is 0.347 e. The van der Waals surface area contributed by atoms with E-state index < -0.39 is 0 Å². The van der Waals surface area contributed by atoms with Crippen LogP contribution in [-0.2, 0) is 6.54 Å². The SMILES string of the molecule is Cc1cccc(-c2ccc(Cn3cc4c(c3)N3C(=N[C@@H]5CCC[C@@H]53)N(C)C4=O)cc2)n1. The highest BCUT2D eigenvalue weighted by atomic mass is 16.2. The predicted octanol–water partition coefficient (Wildman–Crippen LogP) is 4.09. The Morgan fingerprint density at radius 1 is 1.06 bits per heavy atom. The first-order chi connectivity index (χ1) is 15.1. The number of rotatable bonds is 3. The summed E-state index contributed by atoms with van der Waals surface area (Å²) in [5.41, 5.74) is 6.10. The van der Waals surface area contributed by atoms with E-state index in [0.717, 1.165) is 53.5 Å². The standard InChI is InChI=1S/C25H25N5O/c1-16-5-3-6-20(26-16)18-11-9-17(10-12-18)13-29-14-19-23(15-29)30-22-8-4-7-21(22)27-25(30)28(2)24(19)31/h3,5-6,9-12,14-15,21-22H,4,7-8,13H2,1-2H3/t21-,22+/m1/s1. The molecule has 4 heterocycles. The highest BCUT2D eigenvalue weighted by Crippen LogP contribution is 2.41. The Kier molecular flexibility index (Phi) is 4.03. The Hall–Kier alpha value is -3.41. The van der Waals surface area contributed by atoms with Crippen LogP contribution in [0.3, 0.4) is 0 Å². The van der Waals surface area contributed by atoms with Gasteiger partial charge in [-0.25, -0.2) is 4.99 Å². The van der Waals surface area contributed by atoms with Gasteiger partial charge in [-0.1, -0.05) is 30.3 Å². The van der Waals surface area contributed by atoms with Crippen LogP contribution >= 0.6 is 0 Å². The van der Waals surface area contributed by atoms with E-state index in [1.807, 2.05) is 38.4 Å². The number of benzene rings is 1. The molecule has 0 unspecified atom stereocenters. The number of carbonyl (C=O) groups excluding carboxylic acids is 1. The van der Waals surface area contributed by atoms with Crippen molar-refractivity contribution < 1.29 is 4.79 Å². The first-order valence-corrected chi connectivity index (χ1v) is 11.0. The van der Waals surface area contributed by atoms with E-state index in [9.17, 15) is 4.79 Å². The summed E-state index contributed by atoms with van der Waals surface area (Å²) >= 11 is 0. The summed E-state index contributed by atoms with van der Waals surface area (Å²) in [5.74, 6) is 0.851. The summed E-state index contributed by atoms with van der Waals surface area (Å²) in [5, 5.41) is 0. The van der Waals surface area contributed by atoms with Crippen molar-refractivity contribution in [2.24, 2.45) is 4.99 Å². The minimum Gasteiger partial charge on any atom is -0.347 e. The van der Waals surface area contributed by atoms with Crippen molar-refractivity contribution in [2.75, 3.05) is 11.9 Å². The molecule has 1 amide bonds. The number of fused-ring (bicyclic) bond motifs is 5. The minimum absolute atomic E-state index is 0.0320. The van der Waals surface area contributed by atoms with Crippen LogP contribution in [0.1, 0.15) is 40.9 Å². The molecule has 31 heavy (non-hydrogen) atoms. The Labute approximate surface area is 181 Å². The van der Waals surface area contributed by atoms with Gasteiger partial charge < -0.3 is 9.47 Å². The summed E-state index contributed by atoms with van der Waals surface area (Å²) < 4.78 is 2.13. The number of carbonyl (C=O) groups is 1. The van der Waals surface area contributed by atoms with Gasteiger partial charge in [0.2, 0.25) is 5.96 Å².